The van der Waals surface area contributed by atoms with Crippen molar-refractivity contribution in [2.75, 3.05) is 19.6 Å². The fraction of sp³-hybridized carbons (Fsp3) is 0.875. The Labute approximate surface area is 137 Å². The standard InChI is InChI=1S/C16H29N3O4/c1-4-18(9-14(20)21)13-7-11(8-13)17-15(22)19(12-5-6-12)10-16(2,3)23/h11-13,23H,4-10H2,1-3H3,(H,17,22)(H,20,21). The molecular weight excluding hydrogens is 298 g/mol. The molecule has 2 rings (SSSR count). The smallest absolute Gasteiger partial charge is 0.317 e. The Morgan fingerprint density at radius 3 is 2.26 bits per heavy atom. The number of aliphatic carboxylic acids is 1. The Morgan fingerprint density at radius 1 is 1.22 bits per heavy atom. The minimum atomic E-state index is -0.900. The maximum absolute atomic E-state index is 12.4. The first-order valence-electron chi connectivity index (χ1n) is 8.45. The van der Waals surface area contributed by atoms with Crippen LogP contribution >= 0.6 is 0 Å². The van der Waals surface area contributed by atoms with E-state index in [1.807, 2.05) is 11.8 Å². The second-order valence-electron chi connectivity index (χ2n) is 7.40. The van der Waals surface area contributed by atoms with E-state index < -0.39 is 11.6 Å². The molecule has 2 aliphatic rings. The van der Waals surface area contributed by atoms with E-state index in [9.17, 15) is 14.7 Å². The van der Waals surface area contributed by atoms with Gasteiger partial charge in [-0.3, -0.25) is 9.69 Å². The summed E-state index contributed by atoms with van der Waals surface area (Å²) in [5, 5.41) is 21.9. The molecule has 0 aromatic carbocycles. The van der Waals surface area contributed by atoms with Crippen LogP contribution in [-0.4, -0.2) is 75.4 Å². The van der Waals surface area contributed by atoms with Gasteiger partial charge in [0.25, 0.3) is 0 Å². The number of carboxylic acids is 1. The normalized spacial score (nSPS) is 24.2. The van der Waals surface area contributed by atoms with Crippen molar-refractivity contribution in [2.45, 2.75) is 70.2 Å². The van der Waals surface area contributed by atoms with Crippen molar-refractivity contribution < 1.29 is 19.8 Å². The highest BCUT2D eigenvalue weighted by molar-refractivity contribution is 5.75. The summed E-state index contributed by atoms with van der Waals surface area (Å²) in [4.78, 5) is 26.9. The van der Waals surface area contributed by atoms with Gasteiger partial charge in [0.05, 0.1) is 18.7 Å². The molecule has 0 saturated heterocycles. The van der Waals surface area contributed by atoms with Gasteiger partial charge < -0.3 is 20.4 Å². The minimum Gasteiger partial charge on any atom is -0.480 e. The lowest BCUT2D eigenvalue weighted by atomic mass is 9.85. The summed E-state index contributed by atoms with van der Waals surface area (Å²) < 4.78 is 0. The molecule has 7 heteroatoms. The van der Waals surface area contributed by atoms with Crippen LogP contribution < -0.4 is 5.32 Å². The number of hydrogen-bond donors (Lipinski definition) is 3. The van der Waals surface area contributed by atoms with Gasteiger partial charge in [-0.05, 0) is 46.1 Å². The van der Waals surface area contributed by atoms with E-state index in [1.165, 1.54) is 0 Å². The van der Waals surface area contributed by atoms with Gasteiger partial charge in [0, 0.05) is 18.1 Å². The molecule has 3 N–H and O–H groups in total. The third kappa shape index (κ3) is 5.35. The monoisotopic (exact) mass is 327 g/mol. The first kappa shape index (κ1) is 18.0. The molecule has 0 radical (unpaired) electrons. The van der Waals surface area contributed by atoms with Crippen LogP contribution in [0.4, 0.5) is 4.79 Å². The molecule has 7 nitrogen and oxygen atoms in total. The quantitative estimate of drug-likeness (QED) is 0.615. The predicted octanol–water partition coefficient (Wildman–Crippen LogP) is 0.869. The zero-order valence-corrected chi connectivity index (χ0v) is 14.3. The third-order valence-electron chi connectivity index (χ3n) is 4.51. The second-order valence-corrected chi connectivity index (χ2v) is 7.40. The summed E-state index contributed by atoms with van der Waals surface area (Å²) in [6, 6.07) is 0.458. The Morgan fingerprint density at radius 2 is 1.83 bits per heavy atom. The largest absolute Gasteiger partial charge is 0.480 e. The zero-order chi connectivity index (χ0) is 17.2. The summed E-state index contributed by atoms with van der Waals surface area (Å²) in [5.74, 6) is -0.815. The molecule has 0 aromatic heterocycles. The van der Waals surface area contributed by atoms with Crippen LogP contribution in [0.25, 0.3) is 0 Å². The van der Waals surface area contributed by atoms with Gasteiger partial charge in [0.2, 0.25) is 0 Å². The van der Waals surface area contributed by atoms with Crippen LogP contribution in [0.2, 0.25) is 0 Å². The number of likely N-dealkylation sites (N-methyl/N-ethyl adjacent to an activating group) is 1. The lowest BCUT2D eigenvalue weighted by Crippen LogP contribution is -2.58. The predicted molar refractivity (Wildman–Crippen MR) is 86.3 cm³/mol. The lowest BCUT2D eigenvalue weighted by molar-refractivity contribution is -0.139. The number of carbonyl (C=O) groups is 2. The molecule has 0 unspecified atom stereocenters. The van der Waals surface area contributed by atoms with E-state index in [4.69, 9.17) is 5.11 Å². The Hall–Kier alpha value is -1.34. The van der Waals surface area contributed by atoms with E-state index in [0.29, 0.717) is 13.1 Å². The van der Waals surface area contributed by atoms with Gasteiger partial charge in [-0.2, -0.15) is 0 Å². The number of nitrogens with one attached hydrogen (secondary N) is 1. The Bertz CT molecular complexity index is 439. The minimum absolute atomic E-state index is 0.0503. The molecule has 132 valence electrons. The Kier molecular flexibility index (Phi) is 5.52. The van der Waals surface area contributed by atoms with Crippen molar-refractivity contribution >= 4 is 12.0 Å². The van der Waals surface area contributed by atoms with Gasteiger partial charge in [0.1, 0.15) is 0 Å². The molecule has 0 aromatic rings. The molecule has 2 fully saturated rings. The van der Waals surface area contributed by atoms with Gasteiger partial charge in [-0.15, -0.1) is 0 Å². The third-order valence-corrected chi connectivity index (χ3v) is 4.51. The molecule has 0 bridgehead atoms. The molecule has 0 heterocycles. The van der Waals surface area contributed by atoms with Gasteiger partial charge in [-0.1, -0.05) is 6.92 Å². The summed E-state index contributed by atoms with van der Waals surface area (Å²) in [6.45, 7) is 6.45. The van der Waals surface area contributed by atoms with Crippen LogP contribution in [-0.2, 0) is 4.79 Å². The van der Waals surface area contributed by atoms with Crippen LogP contribution in [0.3, 0.4) is 0 Å². The molecule has 2 aliphatic carbocycles. The highest BCUT2D eigenvalue weighted by atomic mass is 16.4. The van der Waals surface area contributed by atoms with Crippen molar-refractivity contribution in [2.24, 2.45) is 0 Å². The number of rotatable bonds is 8. The lowest BCUT2D eigenvalue weighted by Gasteiger charge is -2.43. The number of carbonyl (C=O) groups excluding carboxylic acids is 1. The number of amides is 2. The SMILES string of the molecule is CCN(CC(=O)O)C1CC(NC(=O)N(CC(C)(C)O)C2CC2)C1. The summed E-state index contributed by atoms with van der Waals surface area (Å²) >= 11 is 0. The van der Waals surface area contributed by atoms with Crippen molar-refractivity contribution in [3.8, 4) is 0 Å². The van der Waals surface area contributed by atoms with E-state index in [1.54, 1.807) is 18.7 Å². The number of hydrogen-bond acceptors (Lipinski definition) is 4. The molecule has 2 saturated carbocycles. The van der Waals surface area contributed by atoms with Gasteiger partial charge in [-0.25, -0.2) is 4.79 Å². The molecule has 0 spiro atoms. The van der Waals surface area contributed by atoms with Crippen LogP contribution in [0.5, 0.6) is 0 Å². The maximum atomic E-state index is 12.4. The summed E-state index contributed by atoms with van der Waals surface area (Å²) in [6.07, 6.45) is 3.57. The van der Waals surface area contributed by atoms with E-state index >= 15 is 0 Å². The Balaban J connectivity index is 1.79. The fourth-order valence-electron chi connectivity index (χ4n) is 3.10. The molecule has 0 aliphatic heterocycles. The van der Waals surface area contributed by atoms with Crippen molar-refractivity contribution in [3.63, 3.8) is 0 Å². The zero-order valence-electron chi connectivity index (χ0n) is 14.3. The number of aliphatic hydroxyl groups is 1. The van der Waals surface area contributed by atoms with Gasteiger partial charge in [0.15, 0.2) is 0 Å². The second kappa shape index (κ2) is 7.05. The summed E-state index contributed by atoms with van der Waals surface area (Å²) in [7, 11) is 0. The van der Waals surface area contributed by atoms with E-state index in [2.05, 4.69) is 5.32 Å². The maximum Gasteiger partial charge on any atom is 0.317 e. The molecule has 23 heavy (non-hydrogen) atoms. The van der Waals surface area contributed by atoms with Gasteiger partial charge >= 0.3 is 12.0 Å². The molecular formula is C16H29N3O4. The van der Waals surface area contributed by atoms with Crippen molar-refractivity contribution in [3.05, 3.63) is 0 Å². The summed E-state index contributed by atoms with van der Waals surface area (Å²) in [5.41, 5.74) is -0.900. The number of carboxylic acid groups (broad SMARTS) is 1. The van der Waals surface area contributed by atoms with Crippen molar-refractivity contribution in [1.82, 2.24) is 15.1 Å². The number of nitrogens with zero attached hydrogens (tertiary/aromatic N) is 2. The van der Waals surface area contributed by atoms with Crippen LogP contribution in [0.1, 0.15) is 46.5 Å². The fourth-order valence-corrected chi connectivity index (χ4v) is 3.10. The highest BCUT2D eigenvalue weighted by Crippen LogP contribution is 2.30. The molecule has 2 amide bonds. The topological polar surface area (TPSA) is 93.1 Å². The average Bonchev–Trinajstić information content (AvgIpc) is 3.20. The first-order chi connectivity index (χ1) is 10.7. The average molecular weight is 327 g/mol. The van der Waals surface area contributed by atoms with Crippen LogP contribution in [0, 0.1) is 0 Å². The van der Waals surface area contributed by atoms with E-state index in [0.717, 1.165) is 25.7 Å². The van der Waals surface area contributed by atoms with E-state index in [-0.39, 0.29) is 30.7 Å². The van der Waals surface area contributed by atoms with Crippen LogP contribution in [0.15, 0.2) is 0 Å². The highest BCUT2D eigenvalue weighted by Gasteiger charge is 2.39. The first-order valence-corrected chi connectivity index (χ1v) is 8.45. The van der Waals surface area contributed by atoms with Crippen molar-refractivity contribution in [1.29, 1.82) is 0 Å². The number of urea groups is 1. The molecule has 0 atom stereocenters.